The molecule has 9 heteroatoms. The molecule has 0 spiro atoms. The van der Waals surface area contributed by atoms with Crippen molar-refractivity contribution in [1.29, 1.82) is 0 Å². The third-order valence-corrected chi connectivity index (χ3v) is 7.13. The number of carbonyl (C=O) groups is 1. The standard InChI is InChI=1S/C29H33N7O2/c1-19-27(20(2)35-18-34-19)38-29(37)33-16-22-7-4-8-23(15-22)17-36(21(3)28-31-13-14-32-28)25-11-5-9-24-10-6-12-30-26(24)25/h4,6-8,10,12-15,18,21,25H,5,9,11,16-17H2,1-3H3,(H,31,32)(H,33,37). The second-order valence-electron chi connectivity index (χ2n) is 9.72. The first-order chi connectivity index (χ1) is 18.5. The van der Waals surface area contributed by atoms with Crippen LogP contribution >= 0.6 is 0 Å². The molecule has 2 atom stereocenters. The van der Waals surface area contributed by atoms with E-state index in [2.05, 4.69) is 55.3 Å². The Balaban J connectivity index is 1.32. The minimum atomic E-state index is -0.533. The maximum absolute atomic E-state index is 12.5. The Kier molecular flexibility index (Phi) is 7.74. The van der Waals surface area contributed by atoms with E-state index < -0.39 is 6.09 Å². The fraction of sp³-hybridized carbons (Fsp3) is 0.345. The zero-order chi connectivity index (χ0) is 26.5. The molecular weight excluding hydrogens is 478 g/mol. The normalized spacial score (nSPS) is 15.6. The predicted molar refractivity (Wildman–Crippen MR) is 143 cm³/mol. The zero-order valence-electron chi connectivity index (χ0n) is 22.0. The van der Waals surface area contributed by atoms with Crippen molar-refractivity contribution >= 4 is 6.09 Å². The van der Waals surface area contributed by atoms with Crippen LogP contribution in [0.5, 0.6) is 5.75 Å². The third kappa shape index (κ3) is 5.73. The molecule has 196 valence electrons. The number of aromatic nitrogens is 5. The number of pyridine rings is 1. The molecule has 1 aliphatic carbocycles. The van der Waals surface area contributed by atoms with Gasteiger partial charge < -0.3 is 15.0 Å². The van der Waals surface area contributed by atoms with E-state index in [4.69, 9.17) is 9.72 Å². The van der Waals surface area contributed by atoms with Crippen molar-refractivity contribution in [3.8, 4) is 5.75 Å². The second-order valence-corrected chi connectivity index (χ2v) is 9.72. The summed E-state index contributed by atoms with van der Waals surface area (Å²) in [6.45, 7) is 6.84. The third-order valence-electron chi connectivity index (χ3n) is 7.13. The highest BCUT2D eigenvalue weighted by atomic mass is 16.6. The molecule has 1 amide bonds. The monoisotopic (exact) mass is 511 g/mol. The fourth-order valence-electron chi connectivity index (χ4n) is 5.17. The lowest BCUT2D eigenvalue weighted by Crippen LogP contribution is -2.34. The van der Waals surface area contributed by atoms with Crippen LogP contribution in [0.1, 0.15) is 71.4 Å². The maximum atomic E-state index is 12.5. The first-order valence-electron chi connectivity index (χ1n) is 13.0. The number of amides is 1. The molecule has 5 rings (SSSR count). The van der Waals surface area contributed by atoms with Crippen LogP contribution < -0.4 is 10.1 Å². The van der Waals surface area contributed by atoms with Crippen molar-refractivity contribution in [2.45, 2.75) is 65.2 Å². The van der Waals surface area contributed by atoms with E-state index in [1.807, 2.05) is 30.6 Å². The lowest BCUT2D eigenvalue weighted by atomic mass is 9.89. The topological polar surface area (TPSA) is 109 Å². The van der Waals surface area contributed by atoms with Crippen LogP contribution in [0.25, 0.3) is 0 Å². The number of aryl methyl sites for hydroxylation is 3. The number of nitrogens with one attached hydrogen (secondary N) is 2. The number of ether oxygens (including phenoxy) is 1. The van der Waals surface area contributed by atoms with Gasteiger partial charge in [-0.3, -0.25) is 9.88 Å². The van der Waals surface area contributed by atoms with Crippen molar-refractivity contribution in [2.75, 3.05) is 0 Å². The van der Waals surface area contributed by atoms with Crippen molar-refractivity contribution < 1.29 is 9.53 Å². The summed E-state index contributed by atoms with van der Waals surface area (Å²) in [6, 6.07) is 12.8. The highest BCUT2D eigenvalue weighted by molar-refractivity contribution is 5.70. The van der Waals surface area contributed by atoms with Gasteiger partial charge in [0.1, 0.15) is 12.2 Å². The Morgan fingerprint density at radius 1 is 1.11 bits per heavy atom. The van der Waals surface area contributed by atoms with Crippen LogP contribution in [-0.4, -0.2) is 35.9 Å². The summed E-state index contributed by atoms with van der Waals surface area (Å²) >= 11 is 0. The largest absolute Gasteiger partial charge is 0.412 e. The highest BCUT2D eigenvalue weighted by Crippen LogP contribution is 2.38. The SMILES string of the molecule is Cc1ncnc(C)c1OC(=O)NCc1cccc(CN(C(C)c2ncc[nH]2)C2CCCc3cccnc32)c1. The summed E-state index contributed by atoms with van der Waals surface area (Å²) in [5.74, 6) is 1.33. The van der Waals surface area contributed by atoms with Gasteiger partial charge in [-0.05, 0) is 62.8 Å². The van der Waals surface area contributed by atoms with E-state index in [0.29, 0.717) is 23.7 Å². The molecule has 38 heavy (non-hydrogen) atoms. The number of rotatable bonds is 8. The Hall–Kier alpha value is -4.11. The van der Waals surface area contributed by atoms with E-state index >= 15 is 0 Å². The smallest absolute Gasteiger partial charge is 0.406 e. The second kappa shape index (κ2) is 11.5. The van der Waals surface area contributed by atoms with Gasteiger partial charge in [0, 0.05) is 31.7 Å². The summed E-state index contributed by atoms with van der Waals surface area (Å²) in [7, 11) is 0. The van der Waals surface area contributed by atoms with Gasteiger partial charge in [0.2, 0.25) is 0 Å². The lowest BCUT2D eigenvalue weighted by Gasteiger charge is -2.38. The van der Waals surface area contributed by atoms with E-state index in [9.17, 15) is 4.79 Å². The van der Waals surface area contributed by atoms with Gasteiger partial charge in [0.15, 0.2) is 5.75 Å². The number of fused-ring (bicyclic) bond motifs is 1. The molecule has 1 aliphatic rings. The van der Waals surface area contributed by atoms with Crippen LogP contribution in [0.4, 0.5) is 4.79 Å². The van der Waals surface area contributed by atoms with Gasteiger partial charge in [0.25, 0.3) is 0 Å². The number of nitrogens with zero attached hydrogens (tertiary/aromatic N) is 5. The number of aromatic amines is 1. The van der Waals surface area contributed by atoms with Crippen molar-refractivity contribution in [3.63, 3.8) is 0 Å². The minimum absolute atomic E-state index is 0.0688. The molecule has 0 fully saturated rings. The molecule has 3 heterocycles. The Bertz CT molecular complexity index is 1370. The summed E-state index contributed by atoms with van der Waals surface area (Å²) in [5.41, 5.74) is 5.88. The zero-order valence-corrected chi connectivity index (χ0v) is 22.0. The van der Waals surface area contributed by atoms with Gasteiger partial charge in [-0.25, -0.2) is 19.7 Å². The first-order valence-corrected chi connectivity index (χ1v) is 13.0. The van der Waals surface area contributed by atoms with Crippen LogP contribution in [0.15, 0.2) is 61.3 Å². The lowest BCUT2D eigenvalue weighted by molar-refractivity contribution is 0.112. The van der Waals surface area contributed by atoms with Crippen LogP contribution in [0.2, 0.25) is 0 Å². The van der Waals surface area contributed by atoms with Crippen LogP contribution in [0.3, 0.4) is 0 Å². The Labute approximate surface area is 222 Å². The number of benzene rings is 1. The van der Waals surface area contributed by atoms with Crippen LogP contribution in [0, 0.1) is 13.8 Å². The number of H-pyrrole nitrogens is 1. The minimum Gasteiger partial charge on any atom is -0.406 e. The van der Waals surface area contributed by atoms with Crippen LogP contribution in [-0.2, 0) is 19.5 Å². The molecule has 9 nitrogen and oxygen atoms in total. The predicted octanol–water partition coefficient (Wildman–Crippen LogP) is 5.14. The summed E-state index contributed by atoms with van der Waals surface area (Å²) in [4.78, 5) is 35.8. The Morgan fingerprint density at radius 3 is 2.71 bits per heavy atom. The molecule has 3 aromatic heterocycles. The van der Waals surface area contributed by atoms with E-state index in [-0.39, 0.29) is 12.1 Å². The molecule has 4 aromatic rings. The average Bonchev–Trinajstić information content (AvgIpc) is 3.48. The molecular formula is C29H33N7O2. The van der Waals surface area contributed by atoms with Gasteiger partial charge in [-0.1, -0.05) is 30.3 Å². The number of hydrogen-bond acceptors (Lipinski definition) is 7. The number of hydrogen-bond donors (Lipinski definition) is 2. The molecule has 2 N–H and O–H groups in total. The van der Waals surface area contributed by atoms with E-state index in [0.717, 1.165) is 48.5 Å². The van der Waals surface area contributed by atoms with Crippen molar-refractivity contribution in [3.05, 3.63) is 101 Å². The van der Waals surface area contributed by atoms with Crippen molar-refractivity contribution in [1.82, 2.24) is 35.1 Å². The molecule has 0 radical (unpaired) electrons. The number of carbonyl (C=O) groups excluding carboxylic acids is 1. The molecule has 0 aliphatic heterocycles. The van der Waals surface area contributed by atoms with Gasteiger partial charge in [-0.15, -0.1) is 0 Å². The van der Waals surface area contributed by atoms with Crippen molar-refractivity contribution in [2.24, 2.45) is 0 Å². The maximum Gasteiger partial charge on any atom is 0.412 e. The molecule has 1 aromatic carbocycles. The highest BCUT2D eigenvalue weighted by Gasteiger charge is 2.31. The summed E-state index contributed by atoms with van der Waals surface area (Å²) < 4.78 is 5.48. The summed E-state index contributed by atoms with van der Waals surface area (Å²) in [5, 5.41) is 2.85. The fourth-order valence-corrected chi connectivity index (χ4v) is 5.17. The van der Waals surface area contributed by atoms with E-state index in [1.165, 1.54) is 11.9 Å². The quantitative estimate of drug-likeness (QED) is 0.337. The number of imidazole rings is 1. The van der Waals surface area contributed by atoms with Gasteiger partial charge >= 0.3 is 6.09 Å². The molecule has 2 unspecified atom stereocenters. The van der Waals surface area contributed by atoms with Gasteiger partial charge in [0.05, 0.1) is 29.2 Å². The molecule has 0 bridgehead atoms. The molecule has 0 saturated heterocycles. The summed E-state index contributed by atoms with van der Waals surface area (Å²) in [6.07, 6.45) is 9.72. The average molecular weight is 512 g/mol. The molecule has 0 saturated carbocycles. The first kappa shape index (κ1) is 25.5. The van der Waals surface area contributed by atoms with Gasteiger partial charge in [-0.2, -0.15) is 0 Å². The Morgan fingerprint density at radius 2 is 1.92 bits per heavy atom. The van der Waals surface area contributed by atoms with E-state index in [1.54, 1.807) is 20.0 Å².